The smallest absolute Gasteiger partial charge is 0.326 e. The molecule has 0 aliphatic carbocycles. The summed E-state index contributed by atoms with van der Waals surface area (Å²) in [5, 5.41) is 18.5. The number of benzene rings is 1. The van der Waals surface area contributed by atoms with Crippen LogP contribution in [0.2, 0.25) is 0 Å². The van der Waals surface area contributed by atoms with Gasteiger partial charge in [-0.2, -0.15) is 5.26 Å². The number of pyridine rings is 1. The number of anilines is 1. The van der Waals surface area contributed by atoms with E-state index in [9.17, 15) is 9.90 Å². The summed E-state index contributed by atoms with van der Waals surface area (Å²) in [5.41, 5.74) is 2.62. The minimum Gasteiger partial charge on any atom is -0.480 e. The summed E-state index contributed by atoms with van der Waals surface area (Å²) < 4.78 is 0. The first-order valence-electron chi connectivity index (χ1n) is 6.61. The first-order valence-corrected chi connectivity index (χ1v) is 6.61. The molecule has 0 saturated heterocycles. The Morgan fingerprint density at radius 3 is 2.81 bits per heavy atom. The molecule has 3 rings (SSSR count). The Morgan fingerprint density at radius 1 is 1.33 bits per heavy atom. The van der Waals surface area contributed by atoms with Crippen LogP contribution in [0.3, 0.4) is 0 Å². The van der Waals surface area contributed by atoms with E-state index >= 15 is 0 Å². The van der Waals surface area contributed by atoms with Crippen LogP contribution >= 0.6 is 0 Å². The van der Waals surface area contributed by atoms with E-state index in [1.807, 2.05) is 24.3 Å². The number of rotatable bonds is 2. The Balaban J connectivity index is 2.03. The molecule has 0 fully saturated rings. The molecule has 1 aromatic heterocycles. The molecule has 1 atom stereocenters. The second-order valence-electron chi connectivity index (χ2n) is 4.97. The molecule has 21 heavy (non-hydrogen) atoms. The van der Waals surface area contributed by atoms with Crippen molar-refractivity contribution in [2.75, 3.05) is 4.90 Å². The van der Waals surface area contributed by atoms with Gasteiger partial charge in [0.25, 0.3) is 0 Å². The van der Waals surface area contributed by atoms with Crippen molar-refractivity contribution in [1.29, 1.82) is 5.26 Å². The number of fused-ring (bicyclic) bond motifs is 1. The summed E-state index contributed by atoms with van der Waals surface area (Å²) in [6.07, 6.45) is 1.97. The van der Waals surface area contributed by atoms with E-state index in [2.05, 4.69) is 11.1 Å². The van der Waals surface area contributed by atoms with Crippen LogP contribution in [0.4, 0.5) is 5.82 Å². The fourth-order valence-electron chi connectivity index (χ4n) is 2.63. The van der Waals surface area contributed by atoms with Gasteiger partial charge in [-0.15, -0.1) is 0 Å². The zero-order valence-corrected chi connectivity index (χ0v) is 11.2. The minimum absolute atomic E-state index is 0.434. The molecule has 1 N–H and O–H groups in total. The number of carbonyl (C=O) groups is 1. The van der Waals surface area contributed by atoms with E-state index in [0.29, 0.717) is 24.3 Å². The molecule has 1 aliphatic rings. The van der Waals surface area contributed by atoms with Gasteiger partial charge in [0.05, 0.1) is 11.6 Å². The first-order chi connectivity index (χ1) is 10.2. The SMILES string of the molecule is N#Cc1ccnc(N2Cc3ccccc3CC2C(=O)O)c1. The lowest BCUT2D eigenvalue weighted by molar-refractivity contribution is -0.138. The molecule has 5 nitrogen and oxygen atoms in total. The summed E-state index contributed by atoms with van der Waals surface area (Å²) in [4.78, 5) is 17.5. The van der Waals surface area contributed by atoms with Gasteiger partial charge in [-0.25, -0.2) is 9.78 Å². The quantitative estimate of drug-likeness (QED) is 0.909. The Morgan fingerprint density at radius 2 is 2.10 bits per heavy atom. The first kappa shape index (κ1) is 13.1. The van der Waals surface area contributed by atoms with Crippen molar-refractivity contribution in [1.82, 2.24) is 4.98 Å². The molecule has 2 aromatic rings. The van der Waals surface area contributed by atoms with Gasteiger partial charge in [-0.1, -0.05) is 24.3 Å². The lowest BCUT2D eigenvalue weighted by Crippen LogP contribution is -2.46. The lowest BCUT2D eigenvalue weighted by Gasteiger charge is -2.35. The Bertz CT molecular complexity index is 736. The van der Waals surface area contributed by atoms with E-state index in [1.54, 1.807) is 17.0 Å². The highest BCUT2D eigenvalue weighted by molar-refractivity contribution is 5.79. The molecule has 1 aliphatic heterocycles. The number of aromatic nitrogens is 1. The van der Waals surface area contributed by atoms with Gasteiger partial charge in [-0.05, 0) is 23.3 Å². The zero-order chi connectivity index (χ0) is 14.8. The standard InChI is InChI=1S/C16H13N3O2/c17-9-11-5-6-18-15(7-11)19-10-13-4-2-1-3-12(13)8-14(19)16(20)21/h1-7,14H,8,10H2,(H,20,21). The van der Waals surface area contributed by atoms with E-state index in [-0.39, 0.29) is 0 Å². The summed E-state index contributed by atoms with van der Waals surface area (Å²) in [6.45, 7) is 0.481. The summed E-state index contributed by atoms with van der Waals surface area (Å²) in [6, 6.07) is 12.4. The molecule has 104 valence electrons. The molecule has 0 amide bonds. The fourth-order valence-corrected chi connectivity index (χ4v) is 2.63. The number of hydrogen-bond acceptors (Lipinski definition) is 4. The molecule has 2 heterocycles. The maximum atomic E-state index is 11.6. The second-order valence-corrected chi connectivity index (χ2v) is 4.97. The van der Waals surface area contributed by atoms with Crippen LogP contribution < -0.4 is 4.90 Å². The zero-order valence-electron chi connectivity index (χ0n) is 11.2. The summed E-state index contributed by atoms with van der Waals surface area (Å²) >= 11 is 0. The van der Waals surface area contributed by atoms with Crippen LogP contribution in [0.5, 0.6) is 0 Å². The average molecular weight is 279 g/mol. The predicted octanol–water partition coefficient (Wildman–Crippen LogP) is 1.97. The maximum Gasteiger partial charge on any atom is 0.326 e. The van der Waals surface area contributed by atoms with Crippen molar-refractivity contribution < 1.29 is 9.90 Å². The number of carboxylic acid groups (broad SMARTS) is 1. The molecule has 0 spiro atoms. The molecular weight excluding hydrogens is 266 g/mol. The van der Waals surface area contributed by atoms with Crippen molar-refractivity contribution in [3.8, 4) is 6.07 Å². The number of hydrogen-bond donors (Lipinski definition) is 1. The van der Waals surface area contributed by atoms with Crippen LogP contribution in [0.15, 0.2) is 42.6 Å². The van der Waals surface area contributed by atoms with Gasteiger partial charge >= 0.3 is 5.97 Å². The highest BCUT2D eigenvalue weighted by Crippen LogP contribution is 2.27. The normalized spacial score (nSPS) is 16.9. The van der Waals surface area contributed by atoms with E-state index in [1.165, 1.54) is 6.20 Å². The van der Waals surface area contributed by atoms with Crippen LogP contribution in [0, 0.1) is 11.3 Å². The van der Waals surface area contributed by atoms with Crippen LogP contribution in [0.1, 0.15) is 16.7 Å². The molecular formula is C16H13N3O2. The molecule has 0 radical (unpaired) electrons. The monoisotopic (exact) mass is 279 g/mol. The summed E-state index contributed by atoms with van der Waals surface area (Å²) in [5.74, 6) is -0.357. The highest BCUT2D eigenvalue weighted by atomic mass is 16.4. The van der Waals surface area contributed by atoms with E-state index in [4.69, 9.17) is 5.26 Å². The Kier molecular flexibility index (Phi) is 3.28. The van der Waals surface area contributed by atoms with E-state index in [0.717, 1.165) is 11.1 Å². The van der Waals surface area contributed by atoms with Crippen molar-refractivity contribution >= 4 is 11.8 Å². The van der Waals surface area contributed by atoms with Gasteiger partial charge < -0.3 is 10.0 Å². The number of nitrogens with zero attached hydrogens (tertiary/aromatic N) is 3. The second kappa shape index (κ2) is 5.25. The Hall–Kier alpha value is -2.87. The third-order valence-electron chi connectivity index (χ3n) is 3.70. The predicted molar refractivity (Wildman–Crippen MR) is 76.7 cm³/mol. The average Bonchev–Trinajstić information content (AvgIpc) is 2.53. The number of aliphatic carboxylic acids is 1. The van der Waals surface area contributed by atoms with Crippen molar-refractivity contribution in [2.45, 2.75) is 19.0 Å². The number of nitriles is 1. The van der Waals surface area contributed by atoms with Gasteiger partial charge in [0.1, 0.15) is 11.9 Å². The third kappa shape index (κ3) is 2.43. The fraction of sp³-hybridized carbons (Fsp3) is 0.188. The molecule has 5 heteroatoms. The Labute approximate surface area is 122 Å². The van der Waals surface area contributed by atoms with Gasteiger partial charge in [0.15, 0.2) is 0 Å². The third-order valence-corrected chi connectivity index (χ3v) is 3.70. The van der Waals surface area contributed by atoms with Crippen LogP contribution in [-0.4, -0.2) is 22.1 Å². The molecule has 1 aromatic carbocycles. The van der Waals surface area contributed by atoms with Crippen LogP contribution in [-0.2, 0) is 17.8 Å². The molecule has 0 saturated carbocycles. The van der Waals surface area contributed by atoms with Crippen molar-refractivity contribution in [3.63, 3.8) is 0 Å². The minimum atomic E-state index is -0.881. The van der Waals surface area contributed by atoms with E-state index < -0.39 is 12.0 Å². The highest BCUT2D eigenvalue weighted by Gasteiger charge is 2.32. The number of carboxylic acids is 1. The maximum absolute atomic E-state index is 11.6. The van der Waals surface area contributed by atoms with Gasteiger partial charge in [-0.3, -0.25) is 0 Å². The largest absolute Gasteiger partial charge is 0.480 e. The van der Waals surface area contributed by atoms with Crippen molar-refractivity contribution in [3.05, 3.63) is 59.3 Å². The topological polar surface area (TPSA) is 77.2 Å². The van der Waals surface area contributed by atoms with Gasteiger partial charge in [0, 0.05) is 19.2 Å². The molecule has 0 bridgehead atoms. The lowest BCUT2D eigenvalue weighted by atomic mass is 9.94. The van der Waals surface area contributed by atoms with Crippen molar-refractivity contribution in [2.24, 2.45) is 0 Å². The van der Waals surface area contributed by atoms with Crippen LogP contribution in [0.25, 0.3) is 0 Å². The summed E-state index contributed by atoms with van der Waals surface area (Å²) in [7, 11) is 0. The molecule has 1 unspecified atom stereocenters. The van der Waals surface area contributed by atoms with Gasteiger partial charge in [0.2, 0.25) is 0 Å².